The minimum atomic E-state index is -0.210. The molecule has 2 aromatic rings. The van der Waals surface area contributed by atoms with Gasteiger partial charge >= 0.3 is 5.97 Å². The molecule has 1 unspecified atom stereocenters. The molecule has 3 aliphatic rings. The monoisotopic (exact) mass is 447 g/mol. The van der Waals surface area contributed by atoms with Gasteiger partial charge in [0.1, 0.15) is 29.8 Å². The molecule has 8 heteroatoms. The number of benzene rings is 1. The summed E-state index contributed by atoms with van der Waals surface area (Å²) in [4.78, 5) is 21.2. The van der Waals surface area contributed by atoms with Crippen LogP contribution < -0.4 is 15.0 Å². The summed E-state index contributed by atoms with van der Waals surface area (Å²) in [5, 5.41) is 12.9. The van der Waals surface area contributed by atoms with Crippen molar-refractivity contribution in [3.8, 4) is 11.8 Å². The quantitative estimate of drug-likeness (QED) is 0.699. The zero-order valence-corrected chi connectivity index (χ0v) is 19.1. The second kappa shape index (κ2) is 9.00. The van der Waals surface area contributed by atoms with Crippen LogP contribution in [0.3, 0.4) is 0 Å². The van der Waals surface area contributed by atoms with Gasteiger partial charge in [0, 0.05) is 56.9 Å². The molecule has 0 amide bonds. The Hall–Kier alpha value is -3.15. The normalized spacial score (nSPS) is 22.7. The van der Waals surface area contributed by atoms with Gasteiger partial charge in [-0.25, -0.2) is 9.78 Å². The third-order valence-electron chi connectivity index (χ3n) is 7.16. The number of piperazine rings is 1. The van der Waals surface area contributed by atoms with E-state index in [1.165, 1.54) is 11.1 Å². The molecule has 5 rings (SSSR count). The maximum absolute atomic E-state index is 11.9. The van der Waals surface area contributed by atoms with Gasteiger partial charge in [-0.2, -0.15) is 5.26 Å². The summed E-state index contributed by atoms with van der Waals surface area (Å²) < 4.78 is 10.6. The number of rotatable bonds is 5. The van der Waals surface area contributed by atoms with Gasteiger partial charge in [-0.15, -0.1) is 0 Å². The SMILES string of the molecule is COc1cc(N2CCC(CN3CCN[C@H](c4ccc5c(c4C)COC5=O)C3)C2)ncc1C#N. The molecule has 4 heterocycles. The molecule has 2 fully saturated rings. The van der Waals surface area contributed by atoms with E-state index in [0.29, 0.717) is 29.4 Å². The fraction of sp³-hybridized carbons (Fsp3) is 0.480. The van der Waals surface area contributed by atoms with Crippen molar-refractivity contribution in [2.24, 2.45) is 5.92 Å². The Morgan fingerprint density at radius 2 is 2.21 bits per heavy atom. The highest BCUT2D eigenvalue weighted by Crippen LogP contribution is 2.31. The highest BCUT2D eigenvalue weighted by atomic mass is 16.5. The van der Waals surface area contributed by atoms with E-state index in [0.717, 1.165) is 57.1 Å². The molecule has 8 nitrogen and oxygen atoms in total. The van der Waals surface area contributed by atoms with Gasteiger partial charge in [0.25, 0.3) is 0 Å². The third-order valence-corrected chi connectivity index (χ3v) is 7.16. The standard InChI is InChI=1S/C25H29N5O3/c1-16-19(3-4-20-21(16)15-33-25(20)31)22-14-29(8-6-27-22)12-17-5-7-30(13-17)24-9-23(32-2)18(10-26)11-28-24/h3-4,9,11,17,22,27H,5-8,12-15H2,1-2H3/t17?,22-/m0/s1. The Labute approximate surface area is 194 Å². The number of esters is 1. The Morgan fingerprint density at radius 3 is 3.03 bits per heavy atom. The second-order valence-corrected chi connectivity index (χ2v) is 9.10. The van der Waals surface area contributed by atoms with E-state index >= 15 is 0 Å². The van der Waals surface area contributed by atoms with Crippen molar-refractivity contribution in [3.05, 3.63) is 52.2 Å². The first-order valence-corrected chi connectivity index (χ1v) is 11.5. The van der Waals surface area contributed by atoms with Crippen molar-refractivity contribution in [3.63, 3.8) is 0 Å². The minimum absolute atomic E-state index is 0.210. The molecule has 1 N–H and O–H groups in total. The van der Waals surface area contributed by atoms with E-state index in [4.69, 9.17) is 9.47 Å². The van der Waals surface area contributed by atoms with Crippen molar-refractivity contribution >= 4 is 11.8 Å². The molecule has 0 saturated carbocycles. The van der Waals surface area contributed by atoms with E-state index in [2.05, 4.69) is 39.2 Å². The van der Waals surface area contributed by atoms with Crippen LogP contribution in [0.4, 0.5) is 5.82 Å². The van der Waals surface area contributed by atoms with Gasteiger partial charge < -0.3 is 19.7 Å². The molecule has 0 spiro atoms. The molecule has 3 aliphatic heterocycles. The van der Waals surface area contributed by atoms with E-state index in [1.807, 2.05) is 12.1 Å². The third kappa shape index (κ3) is 4.14. The predicted molar refractivity (Wildman–Crippen MR) is 123 cm³/mol. The van der Waals surface area contributed by atoms with Crippen molar-refractivity contribution in [2.75, 3.05) is 51.3 Å². The Bertz CT molecular complexity index is 1110. The first-order valence-electron chi connectivity index (χ1n) is 11.5. The summed E-state index contributed by atoms with van der Waals surface area (Å²) in [6.07, 6.45) is 2.72. The van der Waals surface area contributed by atoms with E-state index < -0.39 is 0 Å². The predicted octanol–water partition coefficient (Wildman–Crippen LogP) is 2.41. The Balaban J connectivity index is 1.23. The average molecular weight is 448 g/mol. The molecule has 1 aromatic carbocycles. The fourth-order valence-electron chi connectivity index (χ4n) is 5.34. The van der Waals surface area contributed by atoms with Crippen LogP contribution in [0.2, 0.25) is 0 Å². The zero-order chi connectivity index (χ0) is 22.9. The van der Waals surface area contributed by atoms with Gasteiger partial charge in [-0.05, 0) is 36.5 Å². The molecule has 2 saturated heterocycles. The lowest BCUT2D eigenvalue weighted by molar-refractivity contribution is 0.0535. The number of fused-ring (bicyclic) bond motifs is 1. The molecule has 2 atom stereocenters. The summed E-state index contributed by atoms with van der Waals surface area (Å²) in [6, 6.07) is 8.25. The number of carbonyl (C=O) groups excluding carboxylic acids is 1. The van der Waals surface area contributed by atoms with Crippen LogP contribution >= 0.6 is 0 Å². The number of carbonyl (C=O) groups is 1. The lowest BCUT2D eigenvalue weighted by Crippen LogP contribution is -2.47. The number of anilines is 1. The average Bonchev–Trinajstić information content (AvgIpc) is 3.46. The second-order valence-electron chi connectivity index (χ2n) is 9.10. The number of aromatic nitrogens is 1. The lowest BCUT2D eigenvalue weighted by atomic mass is 9.93. The number of nitrogens with zero attached hydrogens (tertiary/aromatic N) is 4. The van der Waals surface area contributed by atoms with Crippen molar-refractivity contribution < 1.29 is 14.3 Å². The summed E-state index contributed by atoms with van der Waals surface area (Å²) >= 11 is 0. The smallest absolute Gasteiger partial charge is 0.338 e. The first-order chi connectivity index (χ1) is 16.1. The van der Waals surface area contributed by atoms with Crippen molar-refractivity contribution in [1.82, 2.24) is 15.2 Å². The molecule has 0 aliphatic carbocycles. The molecular weight excluding hydrogens is 418 g/mol. The molecular formula is C25H29N5O3. The number of pyridine rings is 1. The van der Waals surface area contributed by atoms with Crippen molar-refractivity contribution in [2.45, 2.75) is 26.0 Å². The van der Waals surface area contributed by atoms with Crippen LogP contribution in [0, 0.1) is 24.2 Å². The van der Waals surface area contributed by atoms with E-state index in [-0.39, 0.29) is 12.0 Å². The topological polar surface area (TPSA) is 90.7 Å². The summed E-state index contributed by atoms with van der Waals surface area (Å²) in [5.41, 5.74) is 4.64. The highest BCUT2D eigenvalue weighted by molar-refractivity contribution is 5.94. The molecule has 172 valence electrons. The van der Waals surface area contributed by atoms with Crippen LogP contribution in [-0.2, 0) is 11.3 Å². The first kappa shape index (κ1) is 21.7. The van der Waals surface area contributed by atoms with Gasteiger partial charge in [0.15, 0.2) is 0 Å². The number of nitriles is 1. The minimum Gasteiger partial charge on any atom is -0.495 e. The lowest BCUT2D eigenvalue weighted by Gasteiger charge is -2.36. The summed E-state index contributed by atoms with van der Waals surface area (Å²) in [7, 11) is 1.58. The van der Waals surface area contributed by atoms with Crippen LogP contribution in [-0.4, -0.2) is 62.2 Å². The molecule has 33 heavy (non-hydrogen) atoms. The number of cyclic esters (lactones) is 1. The van der Waals surface area contributed by atoms with Crippen molar-refractivity contribution in [1.29, 1.82) is 5.26 Å². The maximum atomic E-state index is 11.9. The maximum Gasteiger partial charge on any atom is 0.338 e. The van der Waals surface area contributed by atoms with Gasteiger partial charge in [0.2, 0.25) is 0 Å². The van der Waals surface area contributed by atoms with Gasteiger partial charge in [0.05, 0.1) is 18.9 Å². The van der Waals surface area contributed by atoms with Crippen LogP contribution in [0.25, 0.3) is 0 Å². The van der Waals surface area contributed by atoms with Gasteiger partial charge in [-0.1, -0.05) is 6.07 Å². The number of hydrogen-bond donors (Lipinski definition) is 1. The summed E-state index contributed by atoms with van der Waals surface area (Å²) in [5.74, 6) is 1.81. The van der Waals surface area contributed by atoms with Gasteiger partial charge in [-0.3, -0.25) is 4.90 Å². The zero-order valence-electron chi connectivity index (χ0n) is 19.1. The fourth-order valence-corrected chi connectivity index (χ4v) is 5.34. The number of hydrogen-bond acceptors (Lipinski definition) is 8. The van der Waals surface area contributed by atoms with E-state index in [1.54, 1.807) is 13.3 Å². The highest BCUT2D eigenvalue weighted by Gasteiger charge is 2.31. The Kier molecular flexibility index (Phi) is 5.92. The number of methoxy groups -OCH3 is 1. The van der Waals surface area contributed by atoms with Crippen LogP contribution in [0.1, 0.15) is 45.1 Å². The largest absolute Gasteiger partial charge is 0.495 e. The van der Waals surface area contributed by atoms with Crippen LogP contribution in [0.15, 0.2) is 24.4 Å². The number of nitrogens with one attached hydrogen (secondary N) is 1. The van der Waals surface area contributed by atoms with Crippen LogP contribution in [0.5, 0.6) is 5.75 Å². The number of ether oxygens (including phenoxy) is 2. The van der Waals surface area contributed by atoms with E-state index in [9.17, 15) is 10.1 Å². The summed E-state index contributed by atoms with van der Waals surface area (Å²) in [6.45, 7) is 8.37. The Morgan fingerprint density at radius 1 is 1.33 bits per heavy atom. The molecule has 0 radical (unpaired) electrons. The molecule has 1 aromatic heterocycles. The molecule has 0 bridgehead atoms.